The molecule has 0 saturated heterocycles. The van der Waals surface area contributed by atoms with Gasteiger partial charge in [0.15, 0.2) is 0 Å². The number of amides is 1. The molecule has 0 aliphatic heterocycles. The lowest BCUT2D eigenvalue weighted by molar-refractivity contribution is -0.130. The highest BCUT2D eigenvalue weighted by Crippen LogP contribution is 1.91. The molecule has 0 unspecified atom stereocenters. The second-order valence-corrected chi connectivity index (χ2v) is 3.89. The van der Waals surface area contributed by atoms with Gasteiger partial charge in [-0.1, -0.05) is 19.1 Å². The fourth-order valence-electron chi connectivity index (χ4n) is 0.866. The molecule has 0 aromatic rings. The molecule has 82 valence electrons. The molecule has 4 nitrogen and oxygen atoms in total. The van der Waals surface area contributed by atoms with Crippen molar-refractivity contribution in [2.75, 3.05) is 33.7 Å². The first-order valence-corrected chi connectivity index (χ1v) is 5.09. The highest BCUT2D eigenvalue weighted by atomic mass is 32.1. The molecule has 0 heterocycles. The van der Waals surface area contributed by atoms with Gasteiger partial charge in [0.1, 0.15) is 0 Å². The average Bonchev–Trinajstić information content (AvgIpc) is 2.13. The van der Waals surface area contributed by atoms with E-state index in [2.05, 4.69) is 0 Å². The van der Waals surface area contributed by atoms with Crippen LogP contribution in [0.3, 0.4) is 0 Å². The third-order valence-corrected chi connectivity index (χ3v) is 2.27. The first kappa shape index (κ1) is 13.3. The third-order valence-electron chi connectivity index (χ3n) is 2.06. The van der Waals surface area contributed by atoms with Crippen LogP contribution in [0.1, 0.15) is 13.3 Å². The van der Waals surface area contributed by atoms with Crippen LogP contribution >= 0.6 is 12.2 Å². The van der Waals surface area contributed by atoms with Crippen molar-refractivity contribution >= 4 is 23.1 Å². The number of hydrogen-bond donors (Lipinski definition) is 1. The molecular weight excluding hydrogens is 198 g/mol. The second kappa shape index (κ2) is 6.73. The van der Waals surface area contributed by atoms with E-state index in [0.717, 1.165) is 6.54 Å². The highest BCUT2D eigenvalue weighted by Gasteiger charge is 2.10. The smallest absolute Gasteiger partial charge is 0.236 e. The minimum absolute atomic E-state index is 0.102. The van der Waals surface area contributed by atoms with Crippen LogP contribution < -0.4 is 5.73 Å². The average molecular weight is 217 g/mol. The lowest BCUT2D eigenvalue weighted by Gasteiger charge is -2.20. The molecule has 0 radical (unpaired) electrons. The summed E-state index contributed by atoms with van der Waals surface area (Å²) in [6.07, 6.45) is 0.591. The van der Waals surface area contributed by atoms with Crippen LogP contribution in [-0.2, 0) is 4.79 Å². The Bertz CT molecular complexity index is 208. The highest BCUT2D eigenvalue weighted by molar-refractivity contribution is 7.80. The van der Waals surface area contributed by atoms with Gasteiger partial charge in [-0.05, 0) is 13.6 Å². The Kier molecular flexibility index (Phi) is 6.40. The maximum absolute atomic E-state index is 11.5. The van der Waals surface area contributed by atoms with Crippen molar-refractivity contribution in [1.82, 2.24) is 9.80 Å². The van der Waals surface area contributed by atoms with Gasteiger partial charge < -0.3 is 10.6 Å². The Morgan fingerprint density at radius 3 is 2.43 bits per heavy atom. The van der Waals surface area contributed by atoms with Crippen molar-refractivity contribution in [2.45, 2.75) is 13.3 Å². The number of nitrogens with zero attached hydrogens (tertiary/aromatic N) is 2. The zero-order valence-corrected chi connectivity index (χ0v) is 9.93. The topological polar surface area (TPSA) is 49.6 Å². The van der Waals surface area contributed by atoms with Crippen LogP contribution in [0, 0.1) is 0 Å². The Balaban J connectivity index is 3.81. The summed E-state index contributed by atoms with van der Waals surface area (Å²) in [6.45, 7) is 3.94. The molecule has 2 N–H and O–H groups in total. The Labute approximate surface area is 91.0 Å². The van der Waals surface area contributed by atoms with Crippen molar-refractivity contribution in [2.24, 2.45) is 5.73 Å². The normalized spacial score (nSPS) is 10.3. The molecule has 0 saturated carbocycles. The first-order chi connectivity index (χ1) is 6.47. The van der Waals surface area contributed by atoms with Gasteiger partial charge in [-0.15, -0.1) is 0 Å². The number of carbonyl (C=O) groups is 1. The van der Waals surface area contributed by atoms with Gasteiger partial charge in [0.05, 0.1) is 11.5 Å². The maximum atomic E-state index is 11.5. The zero-order valence-electron chi connectivity index (χ0n) is 9.12. The van der Waals surface area contributed by atoms with E-state index in [-0.39, 0.29) is 5.91 Å². The van der Waals surface area contributed by atoms with Gasteiger partial charge in [0.2, 0.25) is 5.91 Å². The maximum Gasteiger partial charge on any atom is 0.236 e. The molecule has 0 aliphatic rings. The predicted molar refractivity (Wildman–Crippen MR) is 62.2 cm³/mol. The van der Waals surface area contributed by atoms with Crippen molar-refractivity contribution in [3.05, 3.63) is 0 Å². The Morgan fingerprint density at radius 1 is 1.43 bits per heavy atom. The molecule has 0 bridgehead atoms. The van der Waals surface area contributed by atoms with Crippen molar-refractivity contribution in [1.29, 1.82) is 0 Å². The van der Waals surface area contributed by atoms with Crippen LogP contribution in [0.2, 0.25) is 0 Å². The first-order valence-electron chi connectivity index (χ1n) is 4.68. The van der Waals surface area contributed by atoms with E-state index in [9.17, 15) is 4.79 Å². The molecule has 0 aromatic heterocycles. The minimum atomic E-state index is 0.102. The molecule has 0 spiro atoms. The summed E-state index contributed by atoms with van der Waals surface area (Å²) in [5.74, 6) is 0.102. The summed E-state index contributed by atoms with van der Waals surface area (Å²) < 4.78 is 0. The summed E-state index contributed by atoms with van der Waals surface area (Å²) in [7, 11) is 3.68. The zero-order chi connectivity index (χ0) is 11.1. The summed E-state index contributed by atoms with van der Waals surface area (Å²) in [6, 6.07) is 0. The van der Waals surface area contributed by atoms with E-state index in [1.165, 1.54) is 0 Å². The van der Waals surface area contributed by atoms with Gasteiger partial charge in [0, 0.05) is 20.0 Å². The number of nitrogens with two attached hydrogens (primary N) is 1. The standard InChI is InChI=1S/C9H19N3OS/c1-4-11(2)7-9(13)12(3)6-5-8(10)14/h4-7H2,1-3H3,(H2,10,14). The van der Waals surface area contributed by atoms with E-state index in [1.807, 2.05) is 18.9 Å². The van der Waals surface area contributed by atoms with Crippen molar-refractivity contribution in [3.63, 3.8) is 0 Å². The van der Waals surface area contributed by atoms with Crippen LogP contribution in [0.15, 0.2) is 0 Å². The largest absolute Gasteiger partial charge is 0.393 e. The van der Waals surface area contributed by atoms with Gasteiger partial charge >= 0.3 is 0 Å². The number of likely N-dealkylation sites (N-methyl/N-ethyl adjacent to an activating group) is 2. The second-order valence-electron chi connectivity index (χ2n) is 3.36. The van der Waals surface area contributed by atoms with E-state index in [0.29, 0.717) is 24.5 Å². The number of thiocarbonyl (C=S) groups is 1. The minimum Gasteiger partial charge on any atom is -0.393 e. The lowest BCUT2D eigenvalue weighted by Crippen LogP contribution is -2.37. The summed E-state index contributed by atoms with van der Waals surface area (Å²) in [5.41, 5.74) is 5.35. The number of hydrogen-bond acceptors (Lipinski definition) is 3. The van der Waals surface area contributed by atoms with Crippen molar-refractivity contribution < 1.29 is 4.79 Å². The van der Waals surface area contributed by atoms with E-state index >= 15 is 0 Å². The molecule has 0 atom stereocenters. The van der Waals surface area contributed by atoms with Gasteiger partial charge in [-0.3, -0.25) is 9.69 Å². The lowest BCUT2D eigenvalue weighted by atomic mass is 10.3. The molecular formula is C9H19N3OS. The fraction of sp³-hybridized carbons (Fsp3) is 0.778. The van der Waals surface area contributed by atoms with Crippen LogP contribution in [0.5, 0.6) is 0 Å². The van der Waals surface area contributed by atoms with E-state index in [1.54, 1.807) is 11.9 Å². The SMILES string of the molecule is CCN(C)CC(=O)N(C)CCC(N)=S. The number of rotatable bonds is 6. The van der Waals surface area contributed by atoms with E-state index in [4.69, 9.17) is 18.0 Å². The quantitative estimate of drug-likeness (QED) is 0.640. The van der Waals surface area contributed by atoms with Crippen LogP contribution in [0.25, 0.3) is 0 Å². The molecule has 0 aromatic carbocycles. The van der Waals surface area contributed by atoms with Crippen molar-refractivity contribution in [3.8, 4) is 0 Å². The van der Waals surface area contributed by atoms with Gasteiger partial charge in [-0.25, -0.2) is 0 Å². The van der Waals surface area contributed by atoms with Gasteiger partial charge in [0.25, 0.3) is 0 Å². The van der Waals surface area contributed by atoms with Gasteiger partial charge in [-0.2, -0.15) is 0 Å². The third kappa shape index (κ3) is 5.88. The molecule has 0 fully saturated rings. The monoisotopic (exact) mass is 217 g/mol. The summed E-state index contributed by atoms with van der Waals surface area (Å²) in [5, 5.41) is 0. The van der Waals surface area contributed by atoms with E-state index < -0.39 is 0 Å². The summed E-state index contributed by atoms with van der Waals surface area (Å²) in [4.78, 5) is 15.6. The Hall–Kier alpha value is -0.680. The molecule has 0 rings (SSSR count). The van der Waals surface area contributed by atoms with Crippen LogP contribution in [0.4, 0.5) is 0 Å². The summed E-state index contributed by atoms with van der Waals surface area (Å²) >= 11 is 4.74. The molecule has 5 heteroatoms. The fourth-order valence-corrected chi connectivity index (χ4v) is 0.957. The molecule has 0 aliphatic carbocycles. The predicted octanol–water partition coefficient (Wildman–Crippen LogP) is 0.0727. The molecule has 14 heavy (non-hydrogen) atoms. The number of carbonyl (C=O) groups excluding carboxylic acids is 1. The van der Waals surface area contributed by atoms with Crippen LogP contribution in [-0.4, -0.2) is 54.4 Å². The molecule has 1 amide bonds. The Morgan fingerprint density at radius 2 is 2.00 bits per heavy atom.